The molecule has 0 saturated carbocycles. The topological polar surface area (TPSA) is 12.5 Å². The zero-order valence-corrected chi connectivity index (χ0v) is 13.7. The van der Waals surface area contributed by atoms with Crippen LogP contribution in [-0.2, 0) is 11.2 Å². The highest BCUT2D eigenvalue weighted by atomic mass is 16.5. The van der Waals surface area contributed by atoms with Crippen molar-refractivity contribution in [3.05, 3.63) is 71.8 Å². The van der Waals surface area contributed by atoms with Crippen LogP contribution in [0.15, 0.2) is 60.7 Å². The van der Waals surface area contributed by atoms with Crippen LogP contribution in [0.1, 0.15) is 30.1 Å². The molecule has 0 aliphatic heterocycles. The van der Waals surface area contributed by atoms with E-state index in [-0.39, 0.29) is 6.10 Å². The molecule has 1 unspecified atom stereocenters. The third-order valence-electron chi connectivity index (χ3n) is 3.78. The summed E-state index contributed by atoms with van der Waals surface area (Å²) in [6.45, 7) is 1.88. The van der Waals surface area contributed by atoms with Crippen LogP contribution >= 0.6 is 0 Å². The Kier molecular flexibility index (Phi) is 7.14. The van der Waals surface area contributed by atoms with Crippen LogP contribution in [0.25, 0.3) is 0 Å². The normalized spacial score (nSPS) is 12.5. The first kappa shape index (κ1) is 16.7. The maximum Gasteiger partial charge on any atom is 0.0828 e. The lowest BCUT2D eigenvalue weighted by atomic mass is 10.0. The molecule has 0 N–H and O–H groups in total. The number of rotatable bonds is 9. The Morgan fingerprint density at radius 3 is 2.18 bits per heavy atom. The molecule has 0 heterocycles. The number of ether oxygens (including phenoxy) is 1. The predicted molar refractivity (Wildman–Crippen MR) is 93.1 cm³/mol. The van der Waals surface area contributed by atoms with Crippen molar-refractivity contribution < 1.29 is 4.74 Å². The number of hydrogen-bond donors (Lipinski definition) is 0. The van der Waals surface area contributed by atoms with E-state index in [1.807, 2.05) is 0 Å². The number of hydrogen-bond acceptors (Lipinski definition) is 2. The Morgan fingerprint density at radius 1 is 0.909 bits per heavy atom. The lowest BCUT2D eigenvalue weighted by Crippen LogP contribution is -2.16. The molecule has 2 rings (SSSR count). The fourth-order valence-electron chi connectivity index (χ4n) is 2.56. The molecular formula is C20H27NO. The van der Waals surface area contributed by atoms with Crippen LogP contribution in [0, 0.1) is 0 Å². The van der Waals surface area contributed by atoms with E-state index in [4.69, 9.17) is 4.74 Å². The van der Waals surface area contributed by atoms with E-state index in [0.29, 0.717) is 0 Å². The highest BCUT2D eigenvalue weighted by Gasteiger charge is 2.12. The van der Waals surface area contributed by atoms with Crippen molar-refractivity contribution in [1.82, 2.24) is 4.90 Å². The fourth-order valence-corrected chi connectivity index (χ4v) is 2.56. The van der Waals surface area contributed by atoms with E-state index in [0.717, 1.165) is 32.4 Å². The van der Waals surface area contributed by atoms with Gasteiger partial charge in [0.05, 0.1) is 6.10 Å². The third-order valence-corrected chi connectivity index (χ3v) is 3.78. The molecule has 0 amide bonds. The molecule has 0 aliphatic rings. The van der Waals surface area contributed by atoms with Gasteiger partial charge in [0.15, 0.2) is 0 Å². The van der Waals surface area contributed by atoms with E-state index < -0.39 is 0 Å². The minimum atomic E-state index is 0.184. The van der Waals surface area contributed by atoms with E-state index in [1.165, 1.54) is 11.1 Å². The molecule has 22 heavy (non-hydrogen) atoms. The number of benzene rings is 2. The second-order valence-electron chi connectivity index (χ2n) is 5.95. The van der Waals surface area contributed by atoms with Crippen molar-refractivity contribution in [2.45, 2.75) is 25.4 Å². The molecule has 0 bridgehead atoms. The van der Waals surface area contributed by atoms with Gasteiger partial charge in [0.2, 0.25) is 0 Å². The standard InChI is InChI=1S/C20H27NO/c1-21(2)16-9-17-22-20(19-12-7-4-8-13-19)15-14-18-10-5-3-6-11-18/h3-8,10-13,20H,9,14-17H2,1-2H3. The van der Waals surface area contributed by atoms with Crippen molar-refractivity contribution in [2.24, 2.45) is 0 Å². The molecule has 2 heteroatoms. The van der Waals surface area contributed by atoms with Crippen molar-refractivity contribution in [3.8, 4) is 0 Å². The predicted octanol–water partition coefficient (Wildman–Crippen LogP) is 4.33. The van der Waals surface area contributed by atoms with Gasteiger partial charge in [-0.15, -0.1) is 0 Å². The first-order valence-corrected chi connectivity index (χ1v) is 8.11. The lowest BCUT2D eigenvalue weighted by molar-refractivity contribution is 0.0425. The first-order valence-electron chi connectivity index (χ1n) is 8.11. The van der Waals surface area contributed by atoms with Crippen LogP contribution in [0.5, 0.6) is 0 Å². The Hall–Kier alpha value is -1.64. The molecule has 2 aromatic rings. The molecule has 0 aliphatic carbocycles. The summed E-state index contributed by atoms with van der Waals surface area (Å²) >= 11 is 0. The SMILES string of the molecule is CN(C)CCCOC(CCc1ccccc1)c1ccccc1. The zero-order chi connectivity index (χ0) is 15.6. The van der Waals surface area contributed by atoms with Crippen LogP contribution in [0.2, 0.25) is 0 Å². The quantitative estimate of drug-likeness (QED) is 0.639. The molecule has 0 radical (unpaired) electrons. The largest absolute Gasteiger partial charge is 0.373 e. The van der Waals surface area contributed by atoms with Crippen LogP contribution in [0.3, 0.4) is 0 Å². The van der Waals surface area contributed by atoms with Gasteiger partial charge in [-0.25, -0.2) is 0 Å². The minimum Gasteiger partial charge on any atom is -0.373 e. The Bertz CT molecular complexity index is 510. The Morgan fingerprint density at radius 2 is 1.55 bits per heavy atom. The molecule has 1 atom stereocenters. The van der Waals surface area contributed by atoms with Crippen molar-refractivity contribution in [3.63, 3.8) is 0 Å². The Labute approximate surface area is 134 Å². The molecule has 0 saturated heterocycles. The summed E-state index contributed by atoms with van der Waals surface area (Å²) < 4.78 is 6.17. The van der Waals surface area contributed by atoms with E-state index >= 15 is 0 Å². The molecule has 2 aromatic carbocycles. The second-order valence-corrected chi connectivity index (χ2v) is 5.95. The van der Waals surface area contributed by atoms with Gasteiger partial charge in [0.1, 0.15) is 0 Å². The average molecular weight is 297 g/mol. The smallest absolute Gasteiger partial charge is 0.0828 e. The Balaban J connectivity index is 1.90. The molecule has 0 aromatic heterocycles. The lowest BCUT2D eigenvalue weighted by Gasteiger charge is -2.19. The van der Waals surface area contributed by atoms with E-state index in [2.05, 4.69) is 79.7 Å². The van der Waals surface area contributed by atoms with Gasteiger partial charge < -0.3 is 9.64 Å². The van der Waals surface area contributed by atoms with E-state index in [9.17, 15) is 0 Å². The average Bonchev–Trinajstić information content (AvgIpc) is 2.55. The van der Waals surface area contributed by atoms with Gasteiger partial charge in [0, 0.05) is 6.61 Å². The molecule has 2 nitrogen and oxygen atoms in total. The minimum absolute atomic E-state index is 0.184. The molecular weight excluding hydrogens is 270 g/mol. The third kappa shape index (κ3) is 6.00. The van der Waals surface area contributed by atoms with Gasteiger partial charge in [-0.1, -0.05) is 60.7 Å². The van der Waals surface area contributed by atoms with Crippen molar-refractivity contribution in [1.29, 1.82) is 0 Å². The van der Waals surface area contributed by atoms with Crippen molar-refractivity contribution >= 4 is 0 Å². The molecule has 0 fully saturated rings. The van der Waals surface area contributed by atoms with Gasteiger partial charge in [-0.2, -0.15) is 0 Å². The first-order chi connectivity index (χ1) is 10.8. The second kappa shape index (κ2) is 9.39. The summed E-state index contributed by atoms with van der Waals surface area (Å²) in [6, 6.07) is 21.2. The number of nitrogens with zero attached hydrogens (tertiary/aromatic N) is 1. The maximum absolute atomic E-state index is 6.17. The fraction of sp³-hybridized carbons (Fsp3) is 0.400. The summed E-state index contributed by atoms with van der Waals surface area (Å²) in [4.78, 5) is 2.20. The summed E-state index contributed by atoms with van der Waals surface area (Å²) in [5.41, 5.74) is 2.66. The van der Waals surface area contributed by atoms with Crippen LogP contribution < -0.4 is 0 Å². The monoisotopic (exact) mass is 297 g/mol. The summed E-state index contributed by atoms with van der Waals surface area (Å²) in [6.07, 6.45) is 3.33. The summed E-state index contributed by atoms with van der Waals surface area (Å²) in [7, 11) is 4.20. The molecule has 0 spiro atoms. The molecule has 118 valence electrons. The van der Waals surface area contributed by atoms with Crippen molar-refractivity contribution in [2.75, 3.05) is 27.2 Å². The highest BCUT2D eigenvalue weighted by Crippen LogP contribution is 2.23. The van der Waals surface area contributed by atoms with Gasteiger partial charge >= 0.3 is 0 Å². The highest BCUT2D eigenvalue weighted by molar-refractivity contribution is 5.19. The maximum atomic E-state index is 6.17. The zero-order valence-electron chi connectivity index (χ0n) is 13.7. The number of aryl methyl sites for hydroxylation is 1. The van der Waals surface area contributed by atoms with Gasteiger partial charge in [-0.3, -0.25) is 0 Å². The van der Waals surface area contributed by atoms with Crippen LogP contribution in [0.4, 0.5) is 0 Å². The summed E-state index contributed by atoms with van der Waals surface area (Å²) in [5, 5.41) is 0. The van der Waals surface area contributed by atoms with E-state index in [1.54, 1.807) is 0 Å². The van der Waals surface area contributed by atoms with Gasteiger partial charge in [-0.05, 0) is 51.0 Å². The van der Waals surface area contributed by atoms with Crippen LogP contribution in [-0.4, -0.2) is 32.1 Å². The summed E-state index contributed by atoms with van der Waals surface area (Å²) in [5.74, 6) is 0. The van der Waals surface area contributed by atoms with Gasteiger partial charge in [0.25, 0.3) is 0 Å².